The second kappa shape index (κ2) is 10.5. The van der Waals surface area contributed by atoms with Crippen LogP contribution in [0.15, 0.2) is 54.6 Å². The molecule has 1 atom stereocenters. The summed E-state index contributed by atoms with van der Waals surface area (Å²) < 4.78 is 15.6. The number of rotatable bonds is 8. The van der Waals surface area contributed by atoms with E-state index >= 15 is 0 Å². The SMILES string of the molecule is COc1ccc(/C=C/CC(ONC(=O)OC(C)(C)C)c2ccc(OC)cc2)cc1. The summed E-state index contributed by atoms with van der Waals surface area (Å²) >= 11 is 0. The van der Waals surface area contributed by atoms with E-state index in [1.807, 2.05) is 60.7 Å². The molecule has 2 rings (SSSR count). The van der Waals surface area contributed by atoms with Gasteiger partial charge in [-0.3, -0.25) is 4.84 Å². The van der Waals surface area contributed by atoms with Gasteiger partial charge >= 0.3 is 6.09 Å². The van der Waals surface area contributed by atoms with Crippen LogP contribution in [-0.2, 0) is 9.57 Å². The first-order valence-electron chi connectivity index (χ1n) is 9.40. The van der Waals surface area contributed by atoms with Crippen LogP contribution in [0, 0.1) is 0 Å². The molecule has 0 bridgehead atoms. The summed E-state index contributed by atoms with van der Waals surface area (Å²) in [6.45, 7) is 5.39. The van der Waals surface area contributed by atoms with Crippen molar-refractivity contribution in [1.29, 1.82) is 0 Å². The topological polar surface area (TPSA) is 66.0 Å². The lowest BCUT2D eigenvalue weighted by Crippen LogP contribution is -2.33. The van der Waals surface area contributed by atoms with Crippen LogP contribution >= 0.6 is 0 Å². The van der Waals surface area contributed by atoms with Crippen molar-refractivity contribution in [3.05, 3.63) is 65.7 Å². The Kier molecular flexibility index (Phi) is 8.09. The number of benzene rings is 2. The van der Waals surface area contributed by atoms with Crippen LogP contribution in [0.1, 0.15) is 44.4 Å². The molecule has 0 spiro atoms. The van der Waals surface area contributed by atoms with Crippen LogP contribution in [0.3, 0.4) is 0 Å². The molecular weight excluding hydrogens is 370 g/mol. The third-order valence-electron chi connectivity index (χ3n) is 3.95. The van der Waals surface area contributed by atoms with E-state index in [-0.39, 0.29) is 6.10 Å². The molecule has 1 N–H and O–H groups in total. The highest BCUT2D eigenvalue weighted by atomic mass is 16.7. The Morgan fingerprint density at radius 3 is 2.03 bits per heavy atom. The van der Waals surface area contributed by atoms with Gasteiger partial charge in [0.2, 0.25) is 0 Å². The van der Waals surface area contributed by atoms with Gasteiger partial charge in [0.1, 0.15) is 23.2 Å². The highest BCUT2D eigenvalue weighted by Gasteiger charge is 2.18. The summed E-state index contributed by atoms with van der Waals surface area (Å²) in [7, 11) is 3.25. The highest BCUT2D eigenvalue weighted by molar-refractivity contribution is 5.66. The Balaban J connectivity index is 2.06. The molecule has 0 fully saturated rings. The van der Waals surface area contributed by atoms with Crippen molar-refractivity contribution in [2.75, 3.05) is 14.2 Å². The van der Waals surface area contributed by atoms with E-state index in [0.29, 0.717) is 6.42 Å². The first kappa shape index (κ1) is 22.3. The fraction of sp³-hybridized carbons (Fsp3) is 0.348. The Hall–Kier alpha value is -2.99. The van der Waals surface area contributed by atoms with Gasteiger partial charge in [0.25, 0.3) is 0 Å². The van der Waals surface area contributed by atoms with Gasteiger partial charge in [-0.25, -0.2) is 4.79 Å². The smallest absolute Gasteiger partial charge is 0.431 e. The van der Waals surface area contributed by atoms with E-state index in [4.69, 9.17) is 19.0 Å². The molecule has 1 unspecified atom stereocenters. The van der Waals surface area contributed by atoms with Gasteiger partial charge in [-0.15, -0.1) is 0 Å². The summed E-state index contributed by atoms with van der Waals surface area (Å²) in [5.41, 5.74) is 3.73. The Morgan fingerprint density at radius 1 is 0.966 bits per heavy atom. The molecule has 0 aromatic heterocycles. The van der Waals surface area contributed by atoms with Gasteiger partial charge in [-0.1, -0.05) is 36.4 Å². The van der Waals surface area contributed by atoms with E-state index < -0.39 is 11.7 Å². The minimum absolute atomic E-state index is 0.386. The molecule has 0 radical (unpaired) electrons. The zero-order valence-corrected chi connectivity index (χ0v) is 17.6. The van der Waals surface area contributed by atoms with Crippen molar-refractivity contribution in [3.63, 3.8) is 0 Å². The summed E-state index contributed by atoms with van der Waals surface area (Å²) in [5, 5.41) is 0. The zero-order chi connectivity index (χ0) is 21.3. The lowest BCUT2D eigenvalue weighted by atomic mass is 10.1. The van der Waals surface area contributed by atoms with Crippen LogP contribution in [0.5, 0.6) is 11.5 Å². The minimum Gasteiger partial charge on any atom is -0.497 e. The van der Waals surface area contributed by atoms with Gasteiger partial charge < -0.3 is 14.2 Å². The van der Waals surface area contributed by atoms with Crippen LogP contribution in [0.2, 0.25) is 0 Å². The van der Waals surface area contributed by atoms with Gasteiger partial charge in [-0.05, 0) is 62.6 Å². The molecule has 0 heterocycles. The number of nitrogens with one attached hydrogen (secondary N) is 1. The maximum absolute atomic E-state index is 11.9. The van der Waals surface area contributed by atoms with Crippen LogP contribution in [-0.4, -0.2) is 25.9 Å². The molecule has 1 amide bonds. The van der Waals surface area contributed by atoms with Crippen molar-refractivity contribution in [1.82, 2.24) is 5.48 Å². The third-order valence-corrected chi connectivity index (χ3v) is 3.95. The van der Waals surface area contributed by atoms with Crippen LogP contribution < -0.4 is 15.0 Å². The minimum atomic E-state index is -0.629. The monoisotopic (exact) mass is 399 g/mol. The molecule has 156 valence electrons. The maximum Gasteiger partial charge on any atom is 0.431 e. The van der Waals surface area contributed by atoms with Crippen LogP contribution in [0.25, 0.3) is 6.08 Å². The number of hydrogen-bond acceptors (Lipinski definition) is 5. The number of carbonyl (C=O) groups excluding carboxylic acids is 1. The fourth-order valence-corrected chi connectivity index (χ4v) is 2.53. The van der Waals surface area contributed by atoms with E-state index in [9.17, 15) is 4.79 Å². The molecule has 0 aliphatic heterocycles. The quantitative estimate of drug-likeness (QED) is 0.610. The summed E-state index contributed by atoms with van der Waals surface area (Å²) in [6.07, 6.45) is 3.52. The summed E-state index contributed by atoms with van der Waals surface area (Å²) in [5.74, 6) is 1.56. The Labute approximate surface area is 172 Å². The number of amides is 1. The molecule has 0 aliphatic carbocycles. The standard InChI is InChI=1S/C23H29NO5/c1-23(2,3)28-22(25)24-29-21(18-11-15-20(27-5)16-12-18)8-6-7-17-9-13-19(26-4)14-10-17/h6-7,9-16,21H,8H2,1-5H3,(H,24,25)/b7-6+. The normalized spacial score (nSPS) is 12.4. The zero-order valence-electron chi connectivity index (χ0n) is 17.6. The molecule has 0 saturated heterocycles. The molecular formula is C23H29NO5. The number of methoxy groups -OCH3 is 2. The summed E-state index contributed by atoms with van der Waals surface area (Å²) in [6, 6.07) is 15.3. The van der Waals surface area contributed by atoms with Crippen molar-refractivity contribution in [2.45, 2.75) is 38.9 Å². The molecule has 6 heteroatoms. The highest BCUT2D eigenvalue weighted by Crippen LogP contribution is 2.24. The molecule has 0 saturated carbocycles. The molecule has 29 heavy (non-hydrogen) atoms. The number of hydrogen-bond donors (Lipinski definition) is 1. The van der Waals surface area contributed by atoms with Gasteiger partial charge in [-0.2, -0.15) is 5.48 Å². The molecule has 2 aromatic carbocycles. The van der Waals surface area contributed by atoms with Crippen molar-refractivity contribution in [3.8, 4) is 11.5 Å². The number of carbonyl (C=O) groups is 1. The second-order valence-corrected chi connectivity index (χ2v) is 7.39. The molecule has 6 nitrogen and oxygen atoms in total. The largest absolute Gasteiger partial charge is 0.497 e. The van der Waals surface area contributed by atoms with Crippen molar-refractivity contribution in [2.24, 2.45) is 0 Å². The van der Waals surface area contributed by atoms with Gasteiger partial charge in [0.15, 0.2) is 0 Å². The molecule has 2 aromatic rings. The van der Waals surface area contributed by atoms with E-state index in [2.05, 4.69) is 5.48 Å². The van der Waals surface area contributed by atoms with E-state index in [1.165, 1.54) is 0 Å². The predicted octanol–water partition coefficient (Wildman–Crippen LogP) is 5.30. The average molecular weight is 399 g/mol. The van der Waals surface area contributed by atoms with Crippen molar-refractivity contribution < 1.29 is 23.8 Å². The van der Waals surface area contributed by atoms with Crippen molar-refractivity contribution >= 4 is 12.2 Å². The maximum atomic E-state index is 11.9. The lowest BCUT2D eigenvalue weighted by molar-refractivity contribution is -0.0425. The Bertz CT molecular complexity index is 792. The van der Waals surface area contributed by atoms with Crippen LogP contribution in [0.4, 0.5) is 4.79 Å². The average Bonchev–Trinajstić information content (AvgIpc) is 2.70. The molecule has 0 aliphatic rings. The third kappa shape index (κ3) is 7.87. The Morgan fingerprint density at radius 2 is 1.52 bits per heavy atom. The van der Waals surface area contributed by atoms with E-state index in [0.717, 1.165) is 22.6 Å². The number of hydroxylamine groups is 1. The summed E-state index contributed by atoms with van der Waals surface area (Å²) in [4.78, 5) is 17.6. The first-order chi connectivity index (χ1) is 13.8. The lowest BCUT2D eigenvalue weighted by Gasteiger charge is -2.22. The predicted molar refractivity (Wildman–Crippen MR) is 113 cm³/mol. The second-order valence-electron chi connectivity index (χ2n) is 7.39. The fourth-order valence-electron chi connectivity index (χ4n) is 2.53. The number of ether oxygens (including phenoxy) is 3. The van der Waals surface area contributed by atoms with Gasteiger partial charge in [0, 0.05) is 0 Å². The van der Waals surface area contributed by atoms with E-state index in [1.54, 1.807) is 35.0 Å². The first-order valence-corrected chi connectivity index (χ1v) is 9.40. The van der Waals surface area contributed by atoms with Gasteiger partial charge in [0.05, 0.1) is 14.2 Å².